The first-order valence-electron chi connectivity index (χ1n) is 12.3. The fraction of sp³-hybridized carbons (Fsp3) is 0.296. The summed E-state index contributed by atoms with van der Waals surface area (Å²) in [6.07, 6.45) is 6.27. The summed E-state index contributed by atoms with van der Waals surface area (Å²) in [5.41, 5.74) is 0.983. The average Bonchev–Trinajstić information content (AvgIpc) is 3.65. The third kappa shape index (κ3) is 5.60. The molecule has 6 atom stereocenters. The topological polar surface area (TPSA) is 131 Å². The van der Waals surface area contributed by atoms with Crippen LogP contribution in [0.5, 0.6) is 0 Å². The molecule has 1 aromatic carbocycles. The minimum atomic E-state index is -1.19. The van der Waals surface area contributed by atoms with Crippen LogP contribution in [-0.2, 0) is 18.9 Å². The summed E-state index contributed by atoms with van der Waals surface area (Å²) in [5.74, 6) is 1.31. The summed E-state index contributed by atoms with van der Waals surface area (Å²) in [6.45, 7) is 0.215. The number of methoxy groups -OCH3 is 1. The fourth-order valence-electron chi connectivity index (χ4n) is 4.78. The number of terminal acetylenes is 1. The van der Waals surface area contributed by atoms with Gasteiger partial charge in [0.2, 0.25) is 0 Å². The van der Waals surface area contributed by atoms with Gasteiger partial charge in [0.15, 0.2) is 12.0 Å². The highest BCUT2D eigenvalue weighted by molar-refractivity contribution is 8.00. The zero-order chi connectivity index (χ0) is 28.5. The summed E-state index contributed by atoms with van der Waals surface area (Å²) in [7, 11) is 1.55. The van der Waals surface area contributed by atoms with Gasteiger partial charge < -0.3 is 24.1 Å². The Balaban J connectivity index is 1.38. The molecule has 0 radical (unpaired) electrons. The van der Waals surface area contributed by atoms with Gasteiger partial charge in [-0.05, 0) is 6.07 Å². The van der Waals surface area contributed by atoms with E-state index in [4.69, 9.17) is 37.0 Å². The van der Waals surface area contributed by atoms with Crippen molar-refractivity contribution >= 4 is 40.7 Å². The number of ether oxygens (including phenoxy) is 4. The van der Waals surface area contributed by atoms with E-state index in [1.807, 2.05) is 30.3 Å². The van der Waals surface area contributed by atoms with Crippen LogP contribution in [0.25, 0.3) is 10.7 Å². The lowest BCUT2D eigenvalue weighted by molar-refractivity contribution is -0.308. The van der Waals surface area contributed by atoms with E-state index in [9.17, 15) is 9.90 Å². The second-order valence-electron chi connectivity index (χ2n) is 9.11. The molecule has 0 amide bonds. The molecule has 14 heteroatoms. The maximum Gasteiger partial charge on any atom is 0.355 e. The molecule has 3 unspecified atom stereocenters. The molecule has 41 heavy (non-hydrogen) atoms. The SMILES string of the molecule is C#Cc1cnc(C(=O)O)c(S[C@H]2OC3COC(c4ccccc4)O[C@@H]3[C@H](n3cc(-c4nc(Cl)cs4)nn3)C2OC)c1. The van der Waals surface area contributed by atoms with E-state index in [1.54, 1.807) is 29.4 Å². The molecule has 4 aromatic rings. The molecular formula is C27H22ClN5O6S2. The van der Waals surface area contributed by atoms with Gasteiger partial charge in [0, 0.05) is 34.7 Å². The standard InChI is InChI=1S/C27H22ClN5O6S2/c1-3-14-9-18(20(25(34)35)29-10-14)41-27-23(36-2)21(33-11-16(31-32-33)24-30-19(28)13-40-24)22-17(38-27)12-37-26(39-22)15-7-5-4-6-8-15/h1,4-11,13,17,21-23,26-27H,12H2,2H3,(H,34,35)/t17?,21-,22-,23?,26?,27+/m0/s1. The van der Waals surface area contributed by atoms with E-state index in [1.165, 1.54) is 17.5 Å². The Morgan fingerprint density at radius 1 is 1.32 bits per heavy atom. The van der Waals surface area contributed by atoms with Crippen molar-refractivity contribution in [1.82, 2.24) is 25.0 Å². The quantitative estimate of drug-likeness (QED) is 0.300. The smallest absolute Gasteiger partial charge is 0.355 e. The summed E-state index contributed by atoms with van der Waals surface area (Å²) >= 11 is 8.55. The van der Waals surface area contributed by atoms with Crippen LogP contribution in [0.1, 0.15) is 33.9 Å². The van der Waals surface area contributed by atoms with E-state index >= 15 is 0 Å². The van der Waals surface area contributed by atoms with Crippen LogP contribution in [0.4, 0.5) is 0 Å². The number of carbonyl (C=O) groups is 1. The molecule has 2 fully saturated rings. The summed E-state index contributed by atoms with van der Waals surface area (Å²) < 4.78 is 26.7. The number of hydrogen-bond acceptors (Lipinski definition) is 11. The van der Waals surface area contributed by atoms with Crippen LogP contribution >= 0.6 is 34.7 Å². The normalized spacial score (nSPS) is 25.8. The Bertz CT molecular complexity index is 1590. The molecule has 6 rings (SSSR count). The number of fused-ring (bicyclic) bond motifs is 1. The molecule has 0 spiro atoms. The molecule has 3 aromatic heterocycles. The minimum absolute atomic E-state index is 0.143. The number of carboxylic acid groups (broad SMARTS) is 1. The highest BCUT2D eigenvalue weighted by Crippen LogP contribution is 2.45. The third-order valence-corrected chi connectivity index (χ3v) is 8.99. The second kappa shape index (κ2) is 11.9. The molecule has 0 bridgehead atoms. The Hall–Kier alpha value is -3.35. The summed E-state index contributed by atoms with van der Waals surface area (Å²) in [5, 5.41) is 21.2. The van der Waals surface area contributed by atoms with Gasteiger partial charge in [-0.15, -0.1) is 22.9 Å². The number of thiazole rings is 1. The average molecular weight is 612 g/mol. The van der Waals surface area contributed by atoms with Gasteiger partial charge in [-0.2, -0.15) is 0 Å². The summed E-state index contributed by atoms with van der Waals surface area (Å²) in [6, 6.07) is 10.6. The lowest BCUT2D eigenvalue weighted by Crippen LogP contribution is -2.59. The number of benzene rings is 1. The number of nitrogens with zero attached hydrogens (tertiary/aromatic N) is 5. The van der Waals surface area contributed by atoms with Crippen molar-refractivity contribution in [3.63, 3.8) is 0 Å². The molecule has 2 saturated heterocycles. The monoisotopic (exact) mass is 611 g/mol. The number of pyridine rings is 1. The van der Waals surface area contributed by atoms with Crippen molar-refractivity contribution < 1.29 is 28.8 Å². The molecule has 0 saturated carbocycles. The lowest BCUT2D eigenvalue weighted by Gasteiger charge is -2.48. The molecule has 210 valence electrons. The maximum atomic E-state index is 12.0. The van der Waals surface area contributed by atoms with E-state index in [0.29, 0.717) is 26.3 Å². The first kappa shape index (κ1) is 27.8. The molecule has 2 aliphatic heterocycles. The number of rotatable bonds is 7. The zero-order valence-corrected chi connectivity index (χ0v) is 23.8. The third-order valence-electron chi connectivity index (χ3n) is 6.63. The molecule has 2 aliphatic rings. The van der Waals surface area contributed by atoms with Gasteiger partial charge in [0.1, 0.15) is 45.6 Å². The van der Waals surface area contributed by atoms with Gasteiger partial charge in [0.05, 0.1) is 12.8 Å². The van der Waals surface area contributed by atoms with Crippen molar-refractivity contribution in [3.05, 3.63) is 76.1 Å². The van der Waals surface area contributed by atoms with Crippen molar-refractivity contribution in [2.75, 3.05) is 13.7 Å². The number of hydrogen-bond donors (Lipinski definition) is 1. The van der Waals surface area contributed by atoms with Crippen LogP contribution < -0.4 is 0 Å². The van der Waals surface area contributed by atoms with Crippen LogP contribution in [0.3, 0.4) is 0 Å². The van der Waals surface area contributed by atoms with Gasteiger partial charge in [-0.1, -0.05) is 64.8 Å². The molecule has 11 nitrogen and oxygen atoms in total. The Morgan fingerprint density at radius 2 is 2.15 bits per heavy atom. The Kier molecular flexibility index (Phi) is 8.05. The van der Waals surface area contributed by atoms with Crippen LogP contribution in [0.2, 0.25) is 5.15 Å². The molecule has 1 N–H and O–H groups in total. The first-order valence-corrected chi connectivity index (χ1v) is 14.5. The van der Waals surface area contributed by atoms with E-state index in [0.717, 1.165) is 17.3 Å². The lowest BCUT2D eigenvalue weighted by atomic mass is 9.96. The van der Waals surface area contributed by atoms with Crippen molar-refractivity contribution in [3.8, 4) is 23.0 Å². The van der Waals surface area contributed by atoms with E-state index in [2.05, 4.69) is 26.2 Å². The largest absolute Gasteiger partial charge is 0.476 e. The van der Waals surface area contributed by atoms with Crippen molar-refractivity contribution in [2.45, 2.75) is 41.0 Å². The van der Waals surface area contributed by atoms with Crippen LogP contribution in [0.15, 0.2) is 59.1 Å². The molecule has 0 aliphatic carbocycles. The fourth-order valence-corrected chi connectivity index (χ4v) is 6.98. The molecular weight excluding hydrogens is 590 g/mol. The number of aromatic carboxylic acids is 1. The zero-order valence-electron chi connectivity index (χ0n) is 21.4. The predicted molar refractivity (Wildman–Crippen MR) is 150 cm³/mol. The van der Waals surface area contributed by atoms with E-state index in [-0.39, 0.29) is 12.3 Å². The van der Waals surface area contributed by atoms with Gasteiger partial charge in [-0.25, -0.2) is 19.4 Å². The van der Waals surface area contributed by atoms with Crippen LogP contribution in [-0.4, -0.2) is 73.5 Å². The Labute approximate surface area is 247 Å². The number of halogens is 1. The number of thioether (sulfide) groups is 1. The van der Waals surface area contributed by atoms with Crippen LogP contribution in [0, 0.1) is 12.3 Å². The van der Waals surface area contributed by atoms with E-state index < -0.39 is 42.0 Å². The minimum Gasteiger partial charge on any atom is -0.476 e. The molecule has 5 heterocycles. The summed E-state index contributed by atoms with van der Waals surface area (Å²) in [4.78, 5) is 20.7. The van der Waals surface area contributed by atoms with Crippen molar-refractivity contribution in [1.29, 1.82) is 0 Å². The maximum absolute atomic E-state index is 12.0. The van der Waals surface area contributed by atoms with Gasteiger partial charge >= 0.3 is 5.97 Å². The van der Waals surface area contributed by atoms with Gasteiger partial charge in [-0.3, -0.25) is 0 Å². The predicted octanol–water partition coefficient (Wildman–Crippen LogP) is 4.32. The van der Waals surface area contributed by atoms with Gasteiger partial charge in [0.25, 0.3) is 0 Å². The van der Waals surface area contributed by atoms with Crippen molar-refractivity contribution in [2.24, 2.45) is 0 Å². The highest BCUT2D eigenvalue weighted by atomic mass is 35.5. The number of carboxylic acids is 1. The first-order chi connectivity index (χ1) is 19.9. The highest BCUT2D eigenvalue weighted by Gasteiger charge is 2.52. The second-order valence-corrected chi connectivity index (χ2v) is 11.5. The Morgan fingerprint density at radius 3 is 2.85 bits per heavy atom. The number of aromatic nitrogens is 5.